The van der Waals surface area contributed by atoms with Gasteiger partial charge in [0.1, 0.15) is 11.6 Å². The van der Waals surface area contributed by atoms with Gasteiger partial charge in [-0.2, -0.15) is 0 Å². The maximum absolute atomic E-state index is 10.5. The Morgan fingerprint density at radius 3 is 2.52 bits per heavy atom. The lowest BCUT2D eigenvalue weighted by atomic mass is 10.2. The minimum absolute atomic E-state index is 0.243. The van der Waals surface area contributed by atoms with Crippen molar-refractivity contribution in [1.82, 2.24) is 24.6 Å². The first-order valence-corrected chi connectivity index (χ1v) is 8.74. The Bertz CT molecular complexity index is 511. The Morgan fingerprint density at radius 2 is 1.83 bits per heavy atom. The molecule has 3 atom stereocenters. The van der Waals surface area contributed by atoms with Gasteiger partial charge in [-0.25, -0.2) is 0 Å². The zero-order valence-electron chi connectivity index (χ0n) is 14.5. The van der Waals surface area contributed by atoms with Gasteiger partial charge in [0.25, 0.3) is 0 Å². The number of nitrogens with zero attached hydrogens (tertiary/aromatic N) is 5. The summed E-state index contributed by atoms with van der Waals surface area (Å²) in [6, 6.07) is 0. The topological polar surface area (TPSA) is 66.7 Å². The predicted octanol–water partition coefficient (Wildman–Crippen LogP) is 0.126. The molecule has 1 saturated heterocycles. The number of hydrogen-bond donors (Lipinski definition) is 1. The Labute approximate surface area is 138 Å². The van der Waals surface area contributed by atoms with Crippen LogP contribution < -0.4 is 0 Å². The zero-order valence-corrected chi connectivity index (χ0v) is 14.5. The van der Waals surface area contributed by atoms with Gasteiger partial charge in [-0.05, 0) is 13.8 Å². The van der Waals surface area contributed by atoms with E-state index in [0.29, 0.717) is 13.1 Å². The summed E-state index contributed by atoms with van der Waals surface area (Å²) in [5.74, 6) is 2.09. The van der Waals surface area contributed by atoms with Crippen molar-refractivity contribution in [2.45, 2.75) is 58.6 Å². The van der Waals surface area contributed by atoms with Crippen LogP contribution in [0.3, 0.4) is 0 Å². The van der Waals surface area contributed by atoms with Crippen molar-refractivity contribution < 1.29 is 9.84 Å². The molecule has 3 heterocycles. The molecule has 7 heteroatoms. The molecule has 130 valence electrons. The van der Waals surface area contributed by atoms with E-state index in [4.69, 9.17) is 4.74 Å². The number of aryl methyl sites for hydroxylation is 1. The lowest BCUT2D eigenvalue weighted by Crippen LogP contribution is -2.50. The standard InChI is InChI=1S/C16H29N5O2/c1-4-15-17-18-16-11-19(5-6-21(15)16)9-14(22)10-20-7-12(2)23-13(3)8-20/h12-14,22H,4-11H2,1-3H3. The maximum atomic E-state index is 10.5. The molecule has 0 bridgehead atoms. The van der Waals surface area contributed by atoms with Gasteiger partial charge in [-0.1, -0.05) is 6.92 Å². The summed E-state index contributed by atoms with van der Waals surface area (Å²) in [5, 5.41) is 19.0. The Morgan fingerprint density at radius 1 is 1.13 bits per heavy atom. The number of rotatable bonds is 5. The largest absolute Gasteiger partial charge is 0.390 e. The molecule has 0 radical (unpaired) electrons. The van der Waals surface area contributed by atoms with Crippen LogP contribution in [0.5, 0.6) is 0 Å². The second-order valence-corrected chi connectivity index (χ2v) is 6.90. The van der Waals surface area contributed by atoms with Crippen LogP contribution in [-0.2, 0) is 24.2 Å². The fraction of sp³-hybridized carbons (Fsp3) is 0.875. The molecule has 3 rings (SSSR count). The van der Waals surface area contributed by atoms with E-state index in [1.807, 2.05) is 0 Å². The van der Waals surface area contributed by atoms with Crippen molar-refractivity contribution in [3.05, 3.63) is 11.6 Å². The summed E-state index contributed by atoms with van der Waals surface area (Å²) in [7, 11) is 0. The fourth-order valence-corrected chi connectivity index (χ4v) is 3.77. The summed E-state index contributed by atoms with van der Waals surface area (Å²) < 4.78 is 7.96. The van der Waals surface area contributed by atoms with E-state index in [9.17, 15) is 5.11 Å². The summed E-state index contributed by atoms with van der Waals surface area (Å²) in [6.45, 7) is 12.1. The zero-order chi connectivity index (χ0) is 16.4. The first-order chi connectivity index (χ1) is 11.0. The van der Waals surface area contributed by atoms with E-state index in [1.54, 1.807) is 0 Å². The summed E-state index contributed by atoms with van der Waals surface area (Å²) in [4.78, 5) is 4.59. The molecule has 0 aliphatic carbocycles. The molecule has 23 heavy (non-hydrogen) atoms. The van der Waals surface area contributed by atoms with Gasteiger partial charge in [-0.15, -0.1) is 10.2 Å². The van der Waals surface area contributed by atoms with Crippen molar-refractivity contribution in [1.29, 1.82) is 0 Å². The number of fused-ring (bicyclic) bond motifs is 1. The van der Waals surface area contributed by atoms with Crippen LogP contribution >= 0.6 is 0 Å². The molecule has 2 aliphatic rings. The van der Waals surface area contributed by atoms with E-state index >= 15 is 0 Å². The van der Waals surface area contributed by atoms with E-state index in [0.717, 1.165) is 50.8 Å². The summed E-state index contributed by atoms with van der Waals surface area (Å²) in [6.07, 6.45) is 1.06. The van der Waals surface area contributed by atoms with Crippen molar-refractivity contribution in [2.24, 2.45) is 0 Å². The van der Waals surface area contributed by atoms with Crippen molar-refractivity contribution in [3.8, 4) is 0 Å². The second kappa shape index (κ2) is 7.25. The number of ether oxygens (including phenoxy) is 1. The number of morpholine rings is 1. The van der Waals surface area contributed by atoms with Crippen LogP contribution in [0.4, 0.5) is 0 Å². The van der Waals surface area contributed by atoms with E-state index in [-0.39, 0.29) is 18.3 Å². The number of aliphatic hydroxyl groups excluding tert-OH is 1. The maximum Gasteiger partial charge on any atom is 0.147 e. The number of aromatic nitrogens is 3. The second-order valence-electron chi connectivity index (χ2n) is 6.90. The van der Waals surface area contributed by atoms with Crippen LogP contribution in [0.2, 0.25) is 0 Å². The molecule has 3 unspecified atom stereocenters. The summed E-state index contributed by atoms with van der Waals surface area (Å²) in [5.41, 5.74) is 0. The molecule has 2 aliphatic heterocycles. The molecule has 1 aromatic rings. The number of hydrogen-bond acceptors (Lipinski definition) is 6. The molecule has 1 aromatic heterocycles. The monoisotopic (exact) mass is 323 g/mol. The van der Waals surface area contributed by atoms with Crippen molar-refractivity contribution in [2.75, 3.05) is 32.7 Å². The highest BCUT2D eigenvalue weighted by atomic mass is 16.5. The van der Waals surface area contributed by atoms with Crippen LogP contribution in [0.25, 0.3) is 0 Å². The van der Waals surface area contributed by atoms with Gasteiger partial charge in [0.15, 0.2) is 0 Å². The van der Waals surface area contributed by atoms with Crippen LogP contribution in [0.1, 0.15) is 32.4 Å². The quantitative estimate of drug-likeness (QED) is 0.831. The Kier molecular flexibility index (Phi) is 5.31. The van der Waals surface area contributed by atoms with Gasteiger partial charge < -0.3 is 14.4 Å². The molecule has 0 amide bonds. The van der Waals surface area contributed by atoms with E-state index in [2.05, 4.69) is 45.3 Å². The molecule has 7 nitrogen and oxygen atoms in total. The van der Waals surface area contributed by atoms with Gasteiger partial charge in [-0.3, -0.25) is 9.80 Å². The number of aliphatic hydroxyl groups is 1. The highest BCUT2D eigenvalue weighted by Gasteiger charge is 2.26. The normalized spacial score (nSPS) is 27.8. The molecular formula is C16H29N5O2. The van der Waals surface area contributed by atoms with E-state index < -0.39 is 0 Å². The lowest BCUT2D eigenvalue weighted by Gasteiger charge is -2.37. The van der Waals surface area contributed by atoms with Gasteiger partial charge in [0.05, 0.1) is 24.9 Å². The van der Waals surface area contributed by atoms with Gasteiger partial charge >= 0.3 is 0 Å². The van der Waals surface area contributed by atoms with Gasteiger partial charge in [0.2, 0.25) is 0 Å². The highest BCUT2D eigenvalue weighted by molar-refractivity contribution is 4.99. The molecule has 1 fully saturated rings. The third-order valence-corrected chi connectivity index (χ3v) is 4.66. The molecule has 0 aromatic carbocycles. The van der Waals surface area contributed by atoms with Crippen LogP contribution in [0.15, 0.2) is 0 Å². The van der Waals surface area contributed by atoms with Crippen LogP contribution in [-0.4, -0.2) is 80.7 Å². The minimum atomic E-state index is -0.340. The average molecular weight is 323 g/mol. The average Bonchev–Trinajstić information content (AvgIpc) is 2.88. The third kappa shape index (κ3) is 4.09. The molecule has 0 spiro atoms. The smallest absolute Gasteiger partial charge is 0.147 e. The molecule has 0 saturated carbocycles. The SMILES string of the molecule is CCc1nnc2n1CCN(CC(O)CN1CC(C)OC(C)C1)C2. The predicted molar refractivity (Wildman–Crippen MR) is 87.1 cm³/mol. The van der Waals surface area contributed by atoms with Crippen LogP contribution in [0, 0.1) is 0 Å². The molecule has 1 N–H and O–H groups in total. The Balaban J connectivity index is 1.50. The van der Waals surface area contributed by atoms with Crippen molar-refractivity contribution >= 4 is 0 Å². The highest BCUT2D eigenvalue weighted by Crippen LogP contribution is 2.15. The van der Waals surface area contributed by atoms with Crippen molar-refractivity contribution in [3.63, 3.8) is 0 Å². The Hall–Kier alpha value is -1.02. The number of β-amino-alcohol motifs (C(OH)–C–C–N with tert-alkyl or cyclic N) is 1. The van der Waals surface area contributed by atoms with E-state index in [1.165, 1.54) is 0 Å². The lowest BCUT2D eigenvalue weighted by molar-refractivity contribution is -0.0783. The van der Waals surface area contributed by atoms with Gasteiger partial charge in [0, 0.05) is 45.7 Å². The fourth-order valence-electron chi connectivity index (χ4n) is 3.77. The molecular weight excluding hydrogens is 294 g/mol. The first kappa shape index (κ1) is 16.8. The first-order valence-electron chi connectivity index (χ1n) is 8.74. The summed E-state index contributed by atoms with van der Waals surface area (Å²) >= 11 is 0. The minimum Gasteiger partial charge on any atom is -0.390 e. The third-order valence-electron chi connectivity index (χ3n) is 4.66.